The summed E-state index contributed by atoms with van der Waals surface area (Å²) in [7, 11) is 1.70. The first-order chi connectivity index (χ1) is 13.3. The van der Waals surface area contributed by atoms with E-state index < -0.39 is 0 Å². The van der Waals surface area contributed by atoms with E-state index >= 15 is 0 Å². The Morgan fingerprint density at radius 2 is 2.19 bits per heavy atom. The maximum Gasteiger partial charge on any atom is 0.255 e. The molecule has 0 N–H and O–H groups in total. The molecule has 1 atom stereocenters. The second-order valence-corrected chi connectivity index (χ2v) is 6.98. The third-order valence-electron chi connectivity index (χ3n) is 5.20. The van der Waals surface area contributed by atoms with E-state index in [4.69, 9.17) is 4.74 Å². The number of hydrogen-bond acceptors (Lipinski definition) is 4. The summed E-state index contributed by atoms with van der Waals surface area (Å²) in [6.07, 6.45) is 7.54. The molecule has 2 aromatic heterocycles. The summed E-state index contributed by atoms with van der Waals surface area (Å²) in [5, 5.41) is 0.993. The Hall–Kier alpha value is -2.73. The standard InChI is InChI=1S/C21H24N4O2/c1-27-12-11-24-10-8-22-20(24)17-6-4-9-25(15-17)21(26)18-13-16-5-2-3-7-19(16)23-14-18/h2-3,5,7-8,10,13-14,17H,4,6,9,11-12,15H2,1H3. The molecule has 0 radical (unpaired) electrons. The summed E-state index contributed by atoms with van der Waals surface area (Å²) in [5.74, 6) is 1.34. The van der Waals surface area contributed by atoms with E-state index in [2.05, 4.69) is 14.5 Å². The van der Waals surface area contributed by atoms with Crippen LogP contribution in [-0.2, 0) is 11.3 Å². The lowest BCUT2D eigenvalue weighted by Crippen LogP contribution is -2.39. The van der Waals surface area contributed by atoms with Gasteiger partial charge in [-0.1, -0.05) is 18.2 Å². The predicted octanol–water partition coefficient (Wildman–Crippen LogP) is 3.10. The normalized spacial score (nSPS) is 17.4. The molecule has 0 bridgehead atoms. The van der Waals surface area contributed by atoms with Crippen molar-refractivity contribution < 1.29 is 9.53 Å². The quantitative estimate of drug-likeness (QED) is 0.698. The number of hydrogen-bond donors (Lipinski definition) is 0. The van der Waals surface area contributed by atoms with Gasteiger partial charge < -0.3 is 14.2 Å². The number of benzene rings is 1. The van der Waals surface area contributed by atoms with Crippen LogP contribution >= 0.6 is 0 Å². The Morgan fingerprint density at radius 1 is 1.30 bits per heavy atom. The van der Waals surface area contributed by atoms with Gasteiger partial charge >= 0.3 is 0 Å². The van der Waals surface area contributed by atoms with Crippen LogP contribution in [0.1, 0.15) is 34.9 Å². The molecule has 27 heavy (non-hydrogen) atoms. The summed E-state index contributed by atoms with van der Waals surface area (Å²) in [6.45, 7) is 2.91. The molecular weight excluding hydrogens is 340 g/mol. The van der Waals surface area contributed by atoms with E-state index in [9.17, 15) is 4.79 Å². The first kappa shape index (κ1) is 17.7. The van der Waals surface area contributed by atoms with Gasteiger partial charge in [0.1, 0.15) is 5.82 Å². The van der Waals surface area contributed by atoms with Crippen LogP contribution in [0.15, 0.2) is 48.9 Å². The molecule has 1 unspecified atom stereocenters. The molecule has 1 amide bonds. The largest absolute Gasteiger partial charge is 0.383 e. The number of fused-ring (bicyclic) bond motifs is 1. The Kier molecular flexibility index (Phi) is 5.16. The number of aromatic nitrogens is 3. The molecule has 3 aromatic rings. The minimum absolute atomic E-state index is 0.0490. The maximum atomic E-state index is 13.1. The zero-order chi connectivity index (χ0) is 18.6. The van der Waals surface area contributed by atoms with Crippen LogP contribution in [0.3, 0.4) is 0 Å². The number of likely N-dealkylation sites (tertiary alicyclic amines) is 1. The van der Waals surface area contributed by atoms with Crippen molar-refractivity contribution in [1.29, 1.82) is 0 Å². The number of para-hydroxylation sites is 1. The molecule has 1 saturated heterocycles. The Balaban J connectivity index is 1.52. The van der Waals surface area contributed by atoms with E-state index in [0.29, 0.717) is 18.7 Å². The molecule has 0 aliphatic carbocycles. The van der Waals surface area contributed by atoms with Crippen molar-refractivity contribution in [3.05, 3.63) is 60.3 Å². The van der Waals surface area contributed by atoms with E-state index in [1.165, 1.54) is 0 Å². The monoisotopic (exact) mass is 364 g/mol. The van der Waals surface area contributed by atoms with Gasteiger partial charge in [-0.3, -0.25) is 9.78 Å². The molecular formula is C21H24N4O2. The van der Waals surface area contributed by atoms with Gasteiger partial charge in [0.05, 0.1) is 17.7 Å². The number of rotatable bonds is 5. The zero-order valence-corrected chi connectivity index (χ0v) is 15.5. The topological polar surface area (TPSA) is 60.2 Å². The third kappa shape index (κ3) is 3.71. The lowest BCUT2D eigenvalue weighted by Gasteiger charge is -2.32. The summed E-state index contributed by atoms with van der Waals surface area (Å²) in [6, 6.07) is 9.81. The van der Waals surface area contributed by atoms with E-state index in [0.717, 1.165) is 42.7 Å². The van der Waals surface area contributed by atoms with Gasteiger partial charge in [-0.15, -0.1) is 0 Å². The van der Waals surface area contributed by atoms with E-state index in [1.54, 1.807) is 13.3 Å². The fourth-order valence-corrected chi connectivity index (χ4v) is 3.80. The second kappa shape index (κ2) is 7.88. The second-order valence-electron chi connectivity index (χ2n) is 6.98. The molecule has 6 heteroatoms. The minimum atomic E-state index is 0.0490. The highest BCUT2D eigenvalue weighted by atomic mass is 16.5. The van der Waals surface area contributed by atoms with Crippen LogP contribution in [0.2, 0.25) is 0 Å². The highest BCUT2D eigenvalue weighted by Gasteiger charge is 2.28. The number of methoxy groups -OCH3 is 1. The van der Waals surface area contributed by atoms with Gasteiger partial charge in [-0.05, 0) is 25.0 Å². The molecule has 4 rings (SSSR count). The summed E-state index contributed by atoms with van der Waals surface area (Å²) in [5.41, 5.74) is 1.56. The molecule has 140 valence electrons. The lowest BCUT2D eigenvalue weighted by molar-refractivity contribution is 0.0702. The molecule has 1 aliphatic rings. The van der Waals surface area contributed by atoms with Gasteiger partial charge in [0, 0.05) is 56.6 Å². The third-order valence-corrected chi connectivity index (χ3v) is 5.20. The number of carbonyl (C=O) groups is 1. The molecule has 0 spiro atoms. The zero-order valence-electron chi connectivity index (χ0n) is 15.5. The van der Waals surface area contributed by atoms with Crippen LogP contribution in [-0.4, -0.2) is 52.1 Å². The number of carbonyl (C=O) groups excluding carboxylic acids is 1. The van der Waals surface area contributed by atoms with Crippen molar-refractivity contribution in [2.24, 2.45) is 0 Å². The van der Waals surface area contributed by atoms with Gasteiger partial charge in [0.2, 0.25) is 0 Å². The molecule has 1 aromatic carbocycles. The number of nitrogens with zero attached hydrogens (tertiary/aromatic N) is 4. The molecule has 1 aliphatic heterocycles. The van der Waals surface area contributed by atoms with Crippen molar-refractivity contribution >= 4 is 16.8 Å². The van der Waals surface area contributed by atoms with Gasteiger partial charge in [-0.25, -0.2) is 4.98 Å². The van der Waals surface area contributed by atoms with Crippen molar-refractivity contribution in [2.75, 3.05) is 26.8 Å². The Bertz CT molecular complexity index is 937. The minimum Gasteiger partial charge on any atom is -0.383 e. The average Bonchev–Trinajstić information content (AvgIpc) is 3.20. The molecule has 3 heterocycles. The fraction of sp³-hybridized carbons (Fsp3) is 0.381. The predicted molar refractivity (Wildman–Crippen MR) is 104 cm³/mol. The smallest absolute Gasteiger partial charge is 0.255 e. The Morgan fingerprint density at radius 3 is 3.07 bits per heavy atom. The van der Waals surface area contributed by atoms with Crippen molar-refractivity contribution in [3.63, 3.8) is 0 Å². The van der Waals surface area contributed by atoms with Crippen LogP contribution in [0.25, 0.3) is 10.9 Å². The fourth-order valence-electron chi connectivity index (χ4n) is 3.80. The summed E-state index contributed by atoms with van der Waals surface area (Å²) >= 11 is 0. The number of pyridine rings is 1. The van der Waals surface area contributed by atoms with E-state index in [1.807, 2.05) is 47.6 Å². The van der Waals surface area contributed by atoms with Crippen LogP contribution < -0.4 is 0 Å². The average molecular weight is 364 g/mol. The number of piperidine rings is 1. The molecule has 6 nitrogen and oxygen atoms in total. The number of amides is 1. The van der Waals surface area contributed by atoms with Gasteiger partial charge in [0.15, 0.2) is 0 Å². The van der Waals surface area contributed by atoms with Crippen molar-refractivity contribution in [3.8, 4) is 0 Å². The van der Waals surface area contributed by atoms with Crippen molar-refractivity contribution in [1.82, 2.24) is 19.4 Å². The van der Waals surface area contributed by atoms with Crippen LogP contribution in [0, 0.1) is 0 Å². The highest BCUT2D eigenvalue weighted by Crippen LogP contribution is 2.27. The Labute approximate surface area is 158 Å². The van der Waals surface area contributed by atoms with Crippen molar-refractivity contribution in [2.45, 2.75) is 25.3 Å². The van der Waals surface area contributed by atoms with Crippen LogP contribution in [0.5, 0.6) is 0 Å². The van der Waals surface area contributed by atoms with Gasteiger partial charge in [-0.2, -0.15) is 0 Å². The van der Waals surface area contributed by atoms with Gasteiger partial charge in [0.25, 0.3) is 5.91 Å². The first-order valence-electron chi connectivity index (χ1n) is 9.40. The molecule has 0 saturated carbocycles. The lowest BCUT2D eigenvalue weighted by atomic mass is 9.96. The van der Waals surface area contributed by atoms with Crippen LogP contribution in [0.4, 0.5) is 0 Å². The van der Waals surface area contributed by atoms with E-state index in [-0.39, 0.29) is 11.8 Å². The molecule has 1 fully saturated rings. The number of imidazole rings is 1. The number of ether oxygens (including phenoxy) is 1. The summed E-state index contributed by atoms with van der Waals surface area (Å²) < 4.78 is 7.33. The highest BCUT2D eigenvalue weighted by molar-refractivity contribution is 5.97. The maximum absolute atomic E-state index is 13.1. The first-order valence-corrected chi connectivity index (χ1v) is 9.40. The SMILES string of the molecule is COCCn1ccnc1C1CCCN(C(=O)c2cnc3ccccc3c2)C1. The summed E-state index contributed by atoms with van der Waals surface area (Å²) in [4.78, 5) is 24.0.